The second-order valence-electron chi connectivity index (χ2n) is 22.4. The molecule has 456 valence electrons. The van der Waals surface area contributed by atoms with Crippen LogP contribution in [0.25, 0.3) is 0 Å². The fourth-order valence-corrected chi connectivity index (χ4v) is 10.3. The minimum Gasteiger partial charge on any atom is -0.480 e. The highest BCUT2D eigenvalue weighted by molar-refractivity contribution is 5.86. The molecule has 14 atom stereocenters. The number of hydrogen-bond acceptors (Lipinski definition) is 16. The van der Waals surface area contributed by atoms with Gasteiger partial charge in [0.2, 0.25) is 5.76 Å². The molecule has 16 nitrogen and oxygen atoms in total. The Morgan fingerprint density at radius 3 is 1.36 bits per heavy atom. The molecule has 0 aromatic heterocycles. The second-order valence-corrected chi connectivity index (χ2v) is 22.4. The predicted octanol–water partition coefficient (Wildman–Crippen LogP) is 12.6. The smallest absolute Gasteiger partial charge is 0.373 e. The first kappa shape index (κ1) is 70.4. The van der Waals surface area contributed by atoms with Crippen LogP contribution < -0.4 is 0 Å². The maximum Gasteiger partial charge on any atom is 0.373 e. The van der Waals surface area contributed by atoms with Gasteiger partial charge < -0.3 is 61.9 Å². The molecule has 6 aliphatic rings. The van der Waals surface area contributed by atoms with Gasteiger partial charge in [0.15, 0.2) is 17.4 Å². The first-order valence-corrected chi connectivity index (χ1v) is 27.2. The summed E-state index contributed by atoms with van der Waals surface area (Å²) in [6, 6.07) is 28.1. The van der Waals surface area contributed by atoms with E-state index in [4.69, 9.17) is 56.8 Å². The molecule has 0 bridgehead atoms. The van der Waals surface area contributed by atoms with E-state index in [1.54, 1.807) is 19.9 Å². The van der Waals surface area contributed by atoms with Crippen LogP contribution in [0.3, 0.4) is 0 Å². The van der Waals surface area contributed by atoms with Crippen LogP contribution in [-0.2, 0) is 91.0 Å². The average molecular weight is 1140 g/mol. The third-order valence-corrected chi connectivity index (χ3v) is 14.8. The molecule has 0 radical (unpaired) electrons. The molecule has 6 heterocycles. The largest absolute Gasteiger partial charge is 0.480 e. The second kappa shape index (κ2) is 29.6. The fourth-order valence-electron chi connectivity index (χ4n) is 10.3. The lowest BCUT2D eigenvalue weighted by molar-refractivity contribution is -0.291. The lowest BCUT2D eigenvalue weighted by Gasteiger charge is -2.42. The van der Waals surface area contributed by atoms with E-state index in [0.29, 0.717) is 0 Å². The van der Waals surface area contributed by atoms with Crippen LogP contribution in [0.2, 0.25) is 0 Å². The molecule has 5 saturated heterocycles. The van der Waals surface area contributed by atoms with Crippen molar-refractivity contribution in [2.45, 2.75) is 249 Å². The normalized spacial score (nSPS) is 30.7. The van der Waals surface area contributed by atoms with Crippen molar-refractivity contribution in [1.82, 2.24) is 0 Å². The topological polar surface area (TPSA) is 182 Å². The molecule has 0 saturated carbocycles. The molecule has 0 aliphatic carbocycles. The van der Waals surface area contributed by atoms with Crippen LogP contribution in [0.1, 0.15) is 162 Å². The first-order valence-electron chi connectivity index (χ1n) is 27.2. The third kappa shape index (κ3) is 17.9. The molecule has 1 N–H and O–H groups in total. The zero-order chi connectivity index (χ0) is 55.9. The van der Waals surface area contributed by atoms with E-state index in [0.717, 1.165) is 36.0 Å². The number of fused-ring (bicyclic) bond motifs is 3. The minimum absolute atomic E-state index is 0. The Hall–Kier alpha value is -4.82. The summed E-state index contributed by atoms with van der Waals surface area (Å²) in [6.45, 7) is 23.4. The maximum absolute atomic E-state index is 15.5. The SMILES string of the molecule is C.C.C.C.CC[C@@H](C)C1OC(C(=O)OCc2ccccc2)=C[C@H]2OC(C)(C)OC12.CC[C@@H](C)C1O[C@@](F)(C(=O)OCc2ccccc2)C[C@H]2OC(C)(C)OC12.CC[C@@H](C)C1O[C@@](O)(C(=O)OCc2ccccc2)C[C@H]2OC(C)(C)OC12. The van der Waals surface area contributed by atoms with E-state index < -0.39 is 77.4 Å². The Kier molecular flexibility index (Phi) is 25.8. The number of aliphatic hydroxyl groups is 1. The molecular formula is C64H97FO16. The summed E-state index contributed by atoms with van der Waals surface area (Å²) in [5, 5.41) is 10.9. The van der Waals surface area contributed by atoms with Gasteiger partial charge in [-0.2, -0.15) is 4.39 Å². The molecule has 81 heavy (non-hydrogen) atoms. The van der Waals surface area contributed by atoms with Gasteiger partial charge in [0.05, 0.1) is 24.4 Å². The van der Waals surface area contributed by atoms with Gasteiger partial charge in [-0.3, -0.25) is 0 Å². The highest BCUT2D eigenvalue weighted by Crippen LogP contribution is 2.46. The van der Waals surface area contributed by atoms with Crippen molar-refractivity contribution in [2.75, 3.05) is 0 Å². The summed E-state index contributed by atoms with van der Waals surface area (Å²) in [5.74, 6) is -8.59. The van der Waals surface area contributed by atoms with E-state index in [-0.39, 0.29) is 110 Å². The van der Waals surface area contributed by atoms with Crippen LogP contribution in [0.15, 0.2) is 103 Å². The van der Waals surface area contributed by atoms with Crippen molar-refractivity contribution >= 4 is 17.9 Å². The minimum atomic E-state index is -2.53. The lowest BCUT2D eigenvalue weighted by Crippen LogP contribution is -2.59. The van der Waals surface area contributed by atoms with Gasteiger partial charge in [-0.1, -0.05) is 175 Å². The fraction of sp³-hybridized carbons (Fsp3) is 0.641. The average Bonchev–Trinajstić information content (AvgIpc) is 4.23. The summed E-state index contributed by atoms with van der Waals surface area (Å²) in [4.78, 5) is 37.6. The Balaban J connectivity index is 0.000000311. The number of carbonyl (C=O) groups is 3. The Labute approximate surface area is 482 Å². The summed E-state index contributed by atoms with van der Waals surface area (Å²) in [7, 11) is 0. The number of hydrogen-bond donors (Lipinski definition) is 1. The van der Waals surface area contributed by atoms with Crippen molar-refractivity contribution in [3.8, 4) is 0 Å². The Morgan fingerprint density at radius 1 is 0.519 bits per heavy atom. The Morgan fingerprint density at radius 2 is 0.901 bits per heavy atom. The zero-order valence-electron chi connectivity index (χ0n) is 46.8. The monoisotopic (exact) mass is 1140 g/mol. The van der Waals surface area contributed by atoms with Crippen LogP contribution >= 0.6 is 0 Å². The Bertz CT molecular complexity index is 2330. The number of benzene rings is 3. The van der Waals surface area contributed by atoms with E-state index in [1.807, 2.05) is 146 Å². The van der Waals surface area contributed by atoms with E-state index >= 15 is 4.39 Å². The van der Waals surface area contributed by atoms with E-state index in [2.05, 4.69) is 13.8 Å². The summed E-state index contributed by atoms with van der Waals surface area (Å²) in [5.41, 5.74) is 2.57. The molecule has 17 heteroatoms. The quantitative estimate of drug-likeness (QED) is 0.112. The number of carbonyl (C=O) groups excluding carboxylic acids is 3. The van der Waals surface area contributed by atoms with Crippen molar-refractivity contribution in [1.29, 1.82) is 0 Å². The number of rotatable bonds is 15. The van der Waals surface area contributed by atoms with Crippen LogP contribution in [-0.4, -0.2) is 107 Å². The van der Waals surface area contributed by atoms with Gasteiger partial charge in [-0.15, -0.1) is 0 Å². The molecule has 0 amide bonds. The summed E-state index contributed by atoms with van der Waals surface area (Å²) < 4.78 is 84.5. The number of esters is 3. The first-order chi connectivity index (χ1) is 36.4. The van der Waals surface area contributed by atoms with Crippen molar-refractivity contribution < 1.29 is 80.7 Å². The highest BCUT2D eigenvalue weighted by Gasteiger charge is 2.61. The van der Waals surface area contributed by atoms with Crippen LogP contribution in [0.5, 0.6) is 0 Å². The van der Waals surface area contributed by atoms with Crippen molar-refractivity contribution in [3.05, 3.63) is 120 Å². The van der Waals surface area contributed by atoms with Gasteiger partial charge in [0.25, 0.3) is 5.79 Å². The molecule has 3 aromatic carbocycles. The van der Waals surface area contributed by atoms with E-state index in [1.165, 1.54) is 0 Å². The molecule has 5 fully saturated rings. The van der Waals surface area contributed by atoms with E-state index in [9.17, 15) is 19.5 Å². The van der Waals surface area contributed by atoms with Gasteiger partial charge in [0.1, 0.15) is 50.3 Å². The summed E-state index contributed by atoms with van der Waals surface area (Å²) >= 11 is 0. The number of ether oxygens (including phenoxy) is 12. The molecule has 3 aromatic rings. The van der Waals surface area contributed by atoms with Gasteiger partial charge in [-0.05, 0) is 88.5 Å². The predicted molar refractivity (Wildman–Crippen MR) is 306 cm³/mol. The van der Waals surface area contributed by atoms with Gasteiger partial charge in [-0.25, -0.2) is 14.4 Å². The summed E-state index contributed by atoms with van der Waals surface area (Å²) in [6.07, 6.45) is 0.494. The van der Waals surface area contributed by atoms with Crippen molar-refractivity contribution in [3.63, 3.8) is 0 Å². The maximum atomic E-state index is 15.5. The van der Waals surface area contributed by atoms with Crippen LogP contribution in [0.4, 0.5) is 4.39 Å². The number of halogens is 1. The van der Waals surface area contributed by atoms with Crippen LogP contribution in [0, 0.1) is 17.8 Å². The standard InChI is InChI=1S/C20H27FO5.C20H28O6.C20H26O5.4CH4/c1-5-13(2)16-17-15(24-19(3,4)25-17)11-20(21,26-16)18(22)23-12-14-9-7-6-8-10-14;1-5-13(2)16-17-15(24-19(3,4)25-17)11-20(22,26-16)18(21)23-12-14-9-7-6-8-10-14;1-5-13(2)17-18-15(24-20(3,4)25-18)11-16(23-17)19(21)22-12-14-9-7-6-8-10-14;;;;/h6-10,13,15-17H,5,11-12H2,1-4H3;6-10,13,15-17,22H,5,11-12H2,1-4H3;6-11,13,15,17-18H,5,12H2,1-4H3;4*1H4/t2*13-,15-,16?,17?,20-;13-,15-,17?,18?;;;;/m111..../s1. The van der Waals surface area contributed by atoms with Gasteiger partial charge >= 0.3 is 23.8 Å². The molecule has 0 spiro atoms. The molecule has 6 aliphatic heterocycles. The highest BCUT2D eigenvalue weighted by atomic mass is 19.2. The number of alkyl halides is 1. The lowest BCUT2D eigenvalue weighted by atomic mass is 9.88. The van der Waals surface area contributed by atoms with Crippen molar-refractivity contribution in [2.24, 2.45) is 17.8 Å². The molecule has 6 unspecified atom stereocenters. The van der Waals surface area contributed by atoms with Gasteiger partial charge in [0, 0.05) is 12.8 Å². The third-order valence-electron chi connectivity index (χ3n) is 14.8. The zero-order valence-corrected chi connectivity index (χ0v) is 46.8. The molecular weight excluding hydrogens is 1040 g/mol. The molecule has 9 rings (SSSR count).